The van der Waals surface area contributed by atoms with E-state index in [1.54, 1.807) is 6.20 Å². The second-order valence-electron chi connectivity index (χ2n) is 4.75. The molecule has 3 rings (SSSR count). The lowest BCUT2D eigenvalue weighted by atomic mass is 10.1. The summed E-state index contributed by atoms with van der Waals surface area (Å²) in [5, 5.41) is 9.03. The average Bonchev–Trinajstić information content (AvgIpc) is 2.91. The van der Waals surface area contributed by atoms with Crippen LogP contribution in [0.3, 0.4) is 0 Å². The number of aliphatic hydroxyl groups excluding tert-OH is 1. The third-order valence-corrected chi connectivity index (χ3v) is 3.80. The van der Waals surface area contributed by atoms with Crippen LogP contribution in [0.1, 0.15) is 24.8 Å². The van der Waals surface area contributed by atoms with Gasteiger partial charge in [0.15, 0.2) is 11.6 Å². The fraction of sp³-hybridized carbons (Fsp3) is 0.583. The summed E-state index contributed by atoms with van der Waals surface area (Å²) >= 11 is 0. The van der Waals surface area contributed by atoms with E-state index in [1.165, 1.54) is 18.9 Å². The topological polar surface area (TPSA) is 36.4 Å². The van der Waals surface area contributed by atoms with Crippen molar-refractivity contribution in [3.8, 4) is 0 Å². The number of hydrogen-bond acceptors (Lipinski definition) is 3. The van der Waals surface area contributed by atoms with Gasteiger partial charge in [0.05, 0.1) is 6.61 Å². The molecule has 1 saturated carbocycles. The Kier molecular flexibility index (Phi) is 2.32. The number of rotatable bonds is 2. The van der Waals surface area contributed by atoms with Gasteiger partial charge >= 0.3 is 0 Å². The Hall–Kier alpha value is -1.16. The van der Waals surface area contributed by atoms with Crippen molar-refractivity contribution < 1.29 is 9.50 Å². The van der Waals surface area contributed by atoms with Gasteiger partial charge in [-0.1, -0.05) is 0 Å². The molecule has 1 saturated heterocycles. The maximum atomic E-state index is 14.0. The Labute approximate surface area is 93.9 Å². The number of pyridine rings is 1. The summed E-state index contributed by atoms with van der Waals surface area (Å²) in [6, 6.07) is 1.99. The molecule has 0 spiro atoms. The summed E-state index contributed by atoms with van der Waals surface area (Å²) < 4.78 is 14.0. The minimum atomic E-state index is -0.349. The Morgan fingerprint density at radius 2 is 2.38 bits per heavy atom. The predicted octanol–water partition coefficient (Wildman–Crippen LogP) is 1.70. The van der Waals surface area contributed by atoms with Gasteiger partial charge in [0, 0.05) is 24.3 Å². The lowest BCUT2D eigenvalue weighted by Crippen LogP contribution is -2.33. The highest BCUT2D eigenvalue weighted by molar-refractivity contribution is 5.46. The average molecular weight is 222 g/mol. The van der Waals surface area contributed by atoms with E-state index in [9.17, 15) is 4.39 Å². The number of nitrogens with zero attached hydrogens (tertiary/aromatic N) is 2. The fourth-order valence-corrected chi connectivity index (χ4v) is 2.98. The molecule has 2 bridgehead atoms. The molecule has 1 aromatic rings. The second kappa shape index (κ2) is 3.70. The van der Waals surface area contributed by atoms with Gasteiger partial charge in [-0.3, -0.25) is 0 Å². The maximum absolute atomic E-state index is 14.0. The van der Waals surface area contributed by atoms with E-state index in [0.717, 1.165) is 13.0 Å². The summed E-state index contributed by atoms with van der Waals surface area (Å²) in [4.78, 5) is 6.20. The molecule has 0 amide bonds. The molecule has 2 atom stereocenters. The first kappa shape index (κ1) is 10.0. The normalized spacial score (nSPS) is 27.8. The molecule has 2 fully saturated rings. The molecule has 2 aliphatic rings. The fourth-order valence-electron chi connectivity index (χ4n) is 2.98. The van der Waals surface area contributed by atoms with E-state index in [1.807, 2.05) is 0 Å². The van der Waals surface area contributed by atoms with Crippen LogP contribution in [0.25, 0.3) is 0 Å². The molecular weight excluding hydrogens is 207 g/mol. The van der Waals surface area contributed by atoms with Gasteiger partial charge in [0.1, 0.15) is 0 Å². The van der Waals surface area contributed by atoms with Crippen molar-refractivity contribution in [3.05, 3.63) is 23.6 Å². The van der Waals surface area contributed by atoms with Crippen LogP contribution in [0.2, 0.25) is 0 Å². The number of aliphatic hydroxyl groups is 1. The quantitative estimate of drug-likeness (QED) is 0.827. The number of anilines is 1. The lowest BCUT2D eigenvalue weighted by Gasteiger charge is -2.28. The Bertz CT molecular complexity index is 410. The van der Waals surface area contributed by atoms with Crippen molar-refractivity contribution in [1.82, 2.24) is 4.98 Å². The van der Waals surface area contributed by atoms with Crippen molar-refractivity contribution in [2.75, 3.05) is 11.4 Å². The zero-order valence-corrected chi connectivity index (χ0v) is 9.06. The van der Waals surface area contributed by atoms with E-state index >= 15 is 0 Å². The van der Waals surface area contributed by atoms with Crippen LogP contribution < -0.4 is 4.90 Å². The van der Waals surface area contributed by atoms with E-state index in [2.05, 4.69) is 9.88 Å². The lowest BCUT2D eigenvalue weighted by molar-refractivity contribution is 0.275. The highest BCUT2D eigenvalue weighted by Crippen LogP contribution is 2.40. The van der Waals surface area contributed by atoms with E-state index in [4.69, 9.17) is 5.11 Å². The van der Waals surface area contributed by atoms with Gasteiger partial charge in [0.25, 0.3) is 0 Å². The molecule has 1 aliphatic carbocycles. The first-order chi connectivity index (χ1) is 7.79. The Morgan fingerprint density at radius 1 is 1.50 bits per heavy atom. The van der Waals surface area contributed by atoms with Gasteiger partial charge in [-0.2, -0.15) is 0 Å². The molecule has 86 valence electrons. The maximum Gasteiger partial charge on any atom is 0.171 e. The van der Waals surface area contributed by atoms with E-state index < -0.39 is 0 Å². The number of aromatic nitrogens is 1. The van der Waals surface area contributed by atoms with Crippen molar-refractivity contribution in [1.29, 1.82) is 0 Å². The summed E-state index contributed by atoms with van der Waals surface area (Å²) in [5.74, 6) is 0.792. The van der Waals surface area contributed by atoms with Crippen molar-refractivity contribution in [2.45, 2.75) is 31.9 Å². The summed E-state index contributed by atoms with van der Waals surface area (Å²) in [6.07, 6.45) is 5.16. The molecule has 3 nitrogen and oxygen atoms in total. The number of piperidine rings is 1. The molecule has 0 aromatic carbocycles. The van der Waals surface area contributed by atoms with Crippen LogP contribution in [-0.2, 0) is 6.61 Å². The summed E-state index contributed by atoms with van der Waals surface area (Å²) in [6.45, 7) is 0.659. The molecule has 2 unspecified atom stereocenters. The second-order valence-corrected chi connectivity index (χ2v) is 4.75. The third kappa shape index (κ3) is 1.40. The van der Waals surface area contributed by atoms with Crippen LogP contribution >= 0.6 is 0 Å². The zero-order chi connectivity index (χ0) is 11.1. The molecule has 4 heteroatoms. The molecule has 16 heavy (non-hydrogen) atoms. The van der Waals surface area contributed by atoms with Crippen LogP contribution in [0, 0.1) is 11.7 Å². The Morgan fingerprint density at radius 3 is 3.00 bits per heavy atom. The van der Waals surface area contributed by atoms with Crippen LogP contribution in [0.15, 0.2) is 12.3 Å². The van der Waals surface area contributed by atoms with Crippen LogP contribution in [0.5, 0.6) is 0 Å². The van der Waals surface area contributed by atoms with E-state index in [-0.39, 0.29) is 12.4 Å². The van der Waals surface area contributed by atoms with Crippen molar-refractivity contribution in [2.24, 2.45) is 5.92 Å². The van der Waals surface area contributed by atoms with Gasteiger partial charge < -0.3 is 10.0 Å². The Balaban J connectivity index is 1.95. The SMILES string of the molecule is OCc1ccnc(N2CC3CCC2C3)c1F. The van der Waals surface area contributed by atoms with Crippen molar-refractivity contribution >= 4 is 5.82 Å². The number of halogens is 1. The zero-order valence-electron chi connectivity index (χ0n) is 9.06. The molecule has 1 N–H and O–H groups in total. The highest BCUT2D eigenvalue weighted by atomic mass is 19.1. The standard InChI is InChI=1S/C12H15FN2O/c13-11-9(7-16)3-4-14-12(11)15-6-8-1-2-10(15)5-8/h3-4,8,10,16H,1-2,5-7H2. The van der Waals surface area contributed by atoms with Gasteiger partial charge in [-0.15, -0.1) is 0 Å². The predicted molar refractivity (Wildman–Crippen MR) is 58.6 cm³/mol. The summed E-state index contributed by atoms with van der Waals surface area (Å²) in [5.41, 5.74) is 0.341. The van der Waals surface area contributed by atoms with Crippen molar-refractivity contribution in [3.63, 3.8) is 0 Å². The van der Waals surface area contributed by atoms with Crippen LogP contribution in [0.4, 0.5) is 10.2 Å². The summed E-state index contributed by atoms with van der Waals surface area (Å²) in [7, 11) is 0. The van der Waals surface area contributed by atoms with Crippen LogP contribution in [-0.4, -0.2) is 22.7 Å². The molecular formula is C12H15FN2O. The first-order valence-corrected chi connectivity index (χ1v) is 5.80. The third-order valence-electron chi connectivity index (χ3n) is 3.80. The van der Waals surface area contributed by atoms with E-state index in [0.29, 0.717) is 23.3 Å². The molecule has 0 radical (unpaired) electrons. The first-order valence-electron chi connectivity index (χ1n) is 5.80. The monoisotopic (exact) mass is 222 g/mol. The van der Waals surface area contributed by atoms with Gasteiger partial charge in [-0.05, 0) is 31.2 Å². The largest absolute Gasteiger partial charge is 0.392 e. The smallest absolute Gasteiger partial charge is 0.171 e. The highest BCUT2D eigenvalue weighted by Gasteiger charge is 2.39. The van der Waals surface area contributed by atoms with Gasteiger partial charge in [0.2, 0.25) is 0 Å². The number of hydrogen-bond donors (Lipinski definition) is 1. The molecule has 1 aliphatic heterocycles. The molecule has 2 heterocycles. The van der Waals surface area contributed by atoms with Gasteiger partial charge in [-0.25, -0.2) is 9.37 Å². The number of fused-ring (bicyclic) bond motifs is 2. The minimum absolute atomic E-state index is 0.261. The molecule has 1 aromatic heterocycles. The minimum Gasteiger partial charge on any atom is -0.392 e.